The SMILES string of the molecule is C1CCOOC1.CC(=O)CCC(=O)O. The molecule has 0 aromatic rings. The Balaban J connectivity index is 0.000000249. The Labute approximate surface area is 82.9 Å². The molecule has 14 heavy (non-hydrogen) atoms. The van der Waals surface area contributed by atoms with Crippen LogP contribution in [0.5, 0.6) is 0 Å². The van der Waals surface area contributed by atoms with Crippen LogP contribution in [0.2, 0.25) is 0 Å². The minimum Gasteiger partial charge on any atom is -0.481 e. The highest BCUT2D eigenvalue weighted by Crippen LogP contribution is 1.97. The van der Waals surface area contributed by atoms with Crippen LogP contribution in [0, 0.1) is 0 Å². The van der Waals surface area contributed by atoms with Crippen molar-refractivity contribution in [1.29, 1.82) is 0 Å². The third-order valence-corrected chi connectivity index (χ3v) is 1.48. The summed E-state index contributed by atoms with van der Waals surface area (Å²) in [5.41, 5.74) is 0. The van der Waals surface area contributed by atoms with Gasteiger partial charge in [-0.2, -0.15) is 0 Å². The van der Waals surface area contributed by atoms with Gasteiger partial charge in [0.05, 0.1) is 19.6 Å². The van der Waals surface area contributed by atoms with Crippen LogP contribution in [0.3, 0.4) is 0 Å². The number of carbonyl (C=O) groups is 2. The number of aliphatic carboxylic acids is 1. The molecule has 1 aliphatic rings. The molecule has 5 nitrogen and oxygen atoms in total. The van der Waals surface area contributed by atoms with Gasteiger partial charge in [0.25, 0.3) is 0 Å². The van der Waals surface area contributed by atoms with Gasteiger partial charge in [-0.3, -0.25) is 4.79 Å². The summed E-state index contributed by atoms with van der Waals surface area (Å²) in [6.45, 7) is 2.93. The van der Waals surface area contributed by atoms with Crippen molar-refractivity contribution in [3.05, 3.63) is 0 Å². The first kappa shape index (κ1) is 13.1. The van der Waals surface area contributed by atoms with E-state index in [1.807, 2.05) is 0 Å². The zero-order valence-corrected chi connectivity index (χ0v) is 8.32. The molecule has 0 aromatic heterocycles. The molecule has 1 heterocycles. The maximum Gasteiger partial charge on any atom is 0.303 e. The van der Waals surface area contributed by atoms with Crippen molar-refractivity contribution in [1.82, 2.24) is 0 Å². The zero-order chi connectivity index (χ0) is 10.8. The third-order valence-electron chi connectivity index (χ3n) is 1.48. The Kier molecular flexibility index (Phi) is 8.07. The second-order valence-corrected chi connectivity index (χ2v) is 2.95. The maximum atomic E-state index is 10.1. The Morgan fingerprint density at radius 3 is 1.79 bits per heavy atom. The molecule has 1 N–H and O–H groups in total. The van der Waals surface area contributed by atoms with Gasteiger partial charge in [-0.15, -0.1) is 0 Å². The number of ketones is 1. The van der Waals surface area contributed by atoms with E-state index in [-0.39, 0.29) is 18.6 Å². The Hall–Kier alpha value is -0.940. The van der Waals surface area contributed by atoms with Crippen molar-refractivity contribution in [2.75, 3.05) is 13.2 Å². The van der Waals surface area contributed by atoms with E-state index in [4.69, 9.17) is 5.11 Å². The summed E-state index contributed by atoms with van der Waals surface area (Å²) in [5, 5.41) is 8.01. The van der Waals surface area contributed by atoms with Crippen LogP contribution in [-0.4, -0.2) is 30.1 Å². The monoisotopic (exact) mass is 204 g/mol. The maximum absolute atomic E-state index is 10.1. The van der Waals surface area contributed by atoms with E-state index in [0.29, 0.717) is 0 Å². The first-order valence-corrected chi connectivity index (χ1v) is 4.58. The van der Waals surface area contributed by atoms with Crippen LogP contribution in [0.15, 0.2) is 0 Å². The van der Waals surface area contributed by atoms with Gasteiger partial charge in [-0.25, -0.2) is 9.78 Å². The molecular weight excluding hydrogens is 188 g/mol. The van der Waals surface area contributed by atoms with Crippen LogP contribution >= 0.6 is 0 Å². The Morgan fingerprint density at radius 1 is 1.14 bits per heavy atom. The van der Waals surface area contributed by atoms with Crippen molar-refractivity contribution in [3.8, 4) is 0 Å². The molecule has 0 bridgehead atoms. The van der Waals surface area contributed by atoms with Crippen LogP contribution in [0.25, 0.3) is 0 Å². The molecular formula is C9H16O5. The van der Waals surface area contributed by atoms with E-state index in [1.54, 1.807) is 0 Å². The molecule has 0 atom stereocenters. The predicted molar refractivity (Wildman–Crippen MR) is 48.7 cm³/mol. The molecule has 0 aliphatic carbocycles. The van der Waals surface area contributed by atoms with Gasteiger partial charge < -0.3 is 9.90 Å². The molecule has 0 unspecified atom stereocenters. The van der Waals surface area contributed by atoms with Gasteiger partial charge in [0.1, 0.15) is 5.78 Å². The largest absolute Gasteiger partial charge is 0.481 e. The molecule has 0 spiro atoms. The van der Waals surface area contributed by atoms with Crippen LogP contribution in [-0.2, 0) is 19.4 Å². The predicted octanol–water partition coefficient (Wildman–Crippen LogP) is 1.17. The molecule has 1 rings (SSSR count). The van der Waals surface area contributed by atoms with Gasteiger partial charge in [0.2, 0.25) is 0 Å². The Morgan fingerprint density at radius 2 is 1.64 bits per heavy atom. The van der Waals surface area contributed by atoms with E-state index < -0.39 is 5.97 Å². The van der Waals surface area contributed by atoms with Crippen LogP contribution in [0.4, 0.5) is 0 Å². The van der Waals surface area contributed by atoms with E-state index in [9.17, 15) is 9.59 Å². The highest BCUT2D eigenvalue weighted by molar-refractivity contribution is 5.80. The van der Waals surface area contributed by atoms with Crippen LogP contribution in [0.1, 0.15) is 32.6 Å². The van der Waals surface area contributed by atoms with Crippen molar-refractivity contribution >= 4 is 11.8 Å². The molecule has 82 valence electrons. The lowest BCUT2D eigenvalue weighted by atomic mass is 10.2. The van der Waals surface area contributed by atoms with Crippen LogP contribution < -0.4 is 0 Å². The lowest BCUT2D eigenvalue weighted by Crippen LogP contribution is -2.05. The topological polar surface area (TPSA) is 72.8 Å². The van der Waals surface area contributed by atoms with Gasteiger partial charge in [-0.1, -0.05) is 0 Å². The number of carbonyl (C=O) groups excluding carboxylic acids is 1. The molecule has 0 saturated carbocycles. The average molecular weight is 204 g/mol. The summed E-state index contributed by atoms with van der Waals surface area (Å²) in [6.07, 6.45) is 2.41. The van der Waals surface area contributed by atoms with E-state index in [0.717, 1.165) is 26.1 Å². The molecule has 1 aliphatic heterocycles. The fourth-order valence-electron chi connectivity index (χ4n) is 0.723. The van der Waals surface area contributed by atoms with Gasteiger partial charge in [0.15, 0.2) is 0 Å². The molecule has 0 aromatic carbocycles. The Bertz CT molecular complexity index is 149. The molecule has 0 amide bonds. The summed E-state index contributed by atoms with van der Waals surface area (Å²) in [6, 6.07) is 0. The van der Waals surface area contributed by atoms with E-state index in [2.05, 4.69) is 9.78 Å². The second-order valence-electron chi connectivity index (χ2n) is 2.95. The number of Topliss-reactive ketones (excluding diaryl/α,β-unsaturated/α-hetero) is 1. The number of carboxylic acid groups (broad SMARTS) is 1. The molecule has 5 heteroatoms. The third kappa shape index (κ3) is 11.1. The van der Waals surface area contributed by atoms with E-state index in [1.165, 1.54) is 6.92 Å². The quantitative estimate of drug-likeness (QED) is 0.698. The smallest absolute Gasteiger partial charge is 0.303 e. The summed E-state index contributed by atoms with van der Waals surface area (Å²) in [4.78, 5) is 29.0. The second kappa shape index (κ2) is 8.65. The van der Waals surface area contributed by atoms with Crippen molar-refractivity contribution < 1.29 is 24.5 Å². The number of rotatable bonds is 3. The van der Waals surface area contributed by atoms with Crippen molar-refractivity contribution in [3.63, 3.8) is 0 Å². The first-order valence-electron chi connectivity index (χ1n) is 4.58. The summed E-state index contributed by atoms with van der Waals surface area (Å²) >= 11 is 0. The zero-order valence-electron chi connectivity index (χ0n) is 8.32. The van der Waals surface area contributed by atoms with Crippen molar-refractivity contribution in [2.45, 2.75) is 32.6 Å². The average Bonchev–Trinajstić information content (AvgIpc) is 2.18. The van der Waals surface area contributed by atoms with Gasteiger partial charge >= 0.3 is 5.97 Å². The number of hydrogen-bond donors (Lipinski definition) is 1. The summed E-state index contributed by atoms with van der Waals surface area (Å²) in [5.74, 6) is -0.993. The van der Waals surface area contributed by atoms with Gasteiger partial charge in [0, 0.05) is 6.42 Å². The normalized spacial score (nSPS) is 15.2. The van der Waals surface area contributed by atoms with Crippen molar-refractivity contribution in [2.24, 2.45) is 0 Å². The highest BCUT2D eigenvalue weighted by Gasteiger charge is 1.97. The van der Waals surface area contributed by atoms with Gasteiger partial charge in [-0.05, 0) is 19.8 Å². The molecule has 1 saturated heterocycles. The highest BCUT2D eigenvalue weighted by atomic mass is 17.2. The lowest BCUT2D eigenvalue weighted by molar-refractivity contribution is -0.312. The molecule has 1 fully saturated rings. The fourth-order valence-corrected chi connectivity index (χ4v) is 0.723. The first-order chi connectivity index (χ1) is 6.63. The van der Waals surface area contributed by atoms with E-state index >= 15 is 0 Å². The summed E-state index contributed by atoms with van der Waals surface area (Å²) in [7, 11) is 0. The number of carboxylic acids is 1. The minimum absolute atomic E-state index is 0.0463. The minimum atomic E-state index is -0.916. The summed E-state index contributed by atoms with van der Waals surface area (Å²) < 4.78 is 0. The fraction of sp³-hybridized carbons (Fsp3) is 0.778. The standard InChI is InChI=1S/C5H8O3.C4H8O2/c1-4(6)2-3-5(7)8;1-2-4-6-5-3-1/h2-3H2,1H3,(H,7,8);1-4H2. The number of hydrogen-bond acceptors (Lipinski definition) is 4. The molecule has 0 radical (unpaired) electrons. The lowest BCUT2D eigenvalue weighted by Gasteiger charge is -2.07.